The van der Waals surface area contributed by atoms with Crippen molar-refractivity contribution in [1.29, 1.82) is 0 Å². The molecule has 0 heterocycles. The number of rotatable bonds is 3. The highest BCUT2D eigenvalue weighted by molar-refractivity contribution is 6.61. The van der Waals surface area contributed by atoms with E-state index in [0.29, 0.717) is 11.4 Å². The van der Waals surface area contributed by atoms with Gasteiger partial charge in [-0.25, -0.2) is 0 Å². The van der Waals surface area contributed by atoms with Crippen LogP contribution >= 0.6 is 0 Å². The summed E-state index contributed by atoms with van der Waals surface area (Å²) >= 11 is 0. The highest BCUT2D eigenvalue weighted by Gasteiger charge is 2.31. The van der Waals surface area contributed by atoms with Gasteiger partial charge in [-0.15, -0.1) is 0 Å². The minimum atomic E-state index is -1.41. The molecule has 0 aromatic heterocycles. The van der Waals surface area contributed by atoms with E-state index in [9.17, 15) is 10.0 Å². The van der Waals surface area contributed by atoms with Crippen molar-refractivity contribution < 1.29 is 10.0 Å². The van der Waals surface area contributed by atoms with Crippen LogP contribution in [0.4, 0.5) is 0 Å². The fourth-order valence-corrected chi connectivity index (χ4v) is 2.49. The summed E-state index contributed by atoms with van der Waals surface area (Å²) in [4.78, 5) is 0. The molecule has 3 heteroatoms. The Morgan fingerprint density at radius 2 is 1.61 bits per heavy atom. The second-order valence-corrected chi connectivity index (χ2v) is 4.82. The van der Waals surface area contributed by atoms with E-state index in [1.54, 1.807) is 0 Å². The van der Waals surface area contributed by atoms with E-state index in [1.807, 2.05) is 48.5 Å². The van der Waals surface area contributed by atoms with Gasteiger partial charge < -0.3 is 10.0 Å². The second kappa shape index (κ2) is 4.60. The van der Waals surface area contributed by atoms with Crippen LogP contribution in [-0.4, -0.2) is 17.2 Å². The molecule has 0 amide bonds. The molecule has 3 rings (SSSR count). The lowest BCUT2D eigenvalue weighted by Gasteiger charge is -2.14. The second-order valence-electron chi connectivity index (χ2n) is 4.82. The van der Waals surface area contributed by atoms with Crippen LogP contribution in [0, 0.1) is 0 Å². The molecule has 1 aliphatic carbocycles. The third-order valence-electron chi connectivity index (χ3n) is 3.50. The normalized spacial score (nSPS) is 14.6. The maximum Gasteiger partial charge on any atom is 0.489 e. The number of hydrogen-bond acceptors (Lipinski definition) is 2. The summed E-state index contributed by atoms with van der Waals surface area (Å²) in [6.07, 6.45) is 2.30. The van der Waals surface area contributed by atoms with Gasteiger partial charge in [0, 0.05) is 0 Å². The first kappa shape index (κ1) is 11.5. The first-order valence-electron chi connectivity index (χ1n) is 6.31. The van der Waals surface area contributed by atoms with Gasteiger partial charge >= 0.3 is 7.12 Å². The minimum Gasteiger partial charge on any atom is -0.423 e. The largest absolute Gasteiger partial charge is 0.489 e. The van der Waals surface area contributed by atoms with Crippen LogP contribution in [0.15, 0.2) is 48.5 Å². The molecule has 0 unspecified atom stereocenters. The standard InChI is InChI=1S/C15H15BO2/c17-16(18)15-13(11-5-2-1-3-6-11)7-4-8-14(15)12-9-10-12/h1-8,12,17-18H,9-10H2. The summed E-state index contributed by atoms with van der Waals surface area (Å²) < 4.78 is 0. The molecule has 1 aliphatic rings. The monoisotopic (exact) mass is 238 g/mol. The Morgan fingerprint density at radius 3 is 2.22 bits per heavy atom. The van der Waals surface area contributed by atoms with Crippen molar-refractivity contribution in [1.82, 2.24) is 0 Å². The predicted molar refractivity (Wildman–Crippen MR) is 73.7 cm³/mol. The average molecular weight is 238 g/mol. The van der Waals surface area contributed by atoms with Crippen molar-refractivity contribution in [2.45, 2.75) is 18.8 Å². The zero-order chi connectivity index (χ0) is 12.5. The molecule has 1 fully saturated rings. The lowest BCUT2D eigenvalue weighted by molar-refractivity contribution is 0.425. The Hall–Kier alpha value is -1.58. The van der Waals surface area contributed by atoms with Gasteiger partial charge in [0.2, 0.25) is 0 Å². The number of benzene rings is 2. The van der Waals surface area contributed by atoms with Gasteiger partial charge in [0.25, 0.3) is 0 Å². The van der Waals surface area contributed by atoms with Crippen molar-refractivity contribution in [2.75, 3.05) is 0 Å². The molecule has 90 valence electrons. The van der Waals surface area contributed by atoms with Crippen LogP contribution in [0.25, 0.3) is 11.1 Å². The lowest BCUT2D eigenvalue weighted by atomic mass is 9.71. The van der Waals surface area contributed by atoms with Gasteiger partial charge in [-0.05, 0) is 40.9 Å². The highest BCUT2D eigenvalue weighted by Crippen LogP contribution is 2.40. The van der Waals surface area contributed by atoms with Gasteiger partial charge in [0.1, 0.15) is 0 Å². The maximum absolute atomic E-state index is 9.68. The fraction of sp³-hybridized carbons (Fsp3) is 0.200. The highest BCUT2D eigenvalue weighted by atomic mass is 16.4. The van der Waals surface area contributed by atoms with Gasteiger partial charge in [0.15, 0.2) is 0 Å². The zero-order valence-electron chi connectivity index (χ0n) is 10.1. The molecule has 0 radical (unpaired) electrons. The number of hydrogen-bond donors (Lipinski definition) is 2. The molecular formula is C15H15BO2. The molecule has 2 nitrogen and oxygen atoms in total. The van der Waals surface area contributed by atoms with Gasteiger partial charge in [0.05, 0.1) is 0 Å². The van der Waals surface area contributed by atoms with Crippen molar-refractivity contribution in [3.63, 3.8) is 0 Å². The molecule has 0 atom stereocenters. The van der Waals surface area contributed by atoms with Crippen LogP contribution < -0.4 is 5.46 Å². The van der Waals surface area contributed by atoms with E-state index in [2.05, 4.69) is 0 Å². The molecular weight excluding hydrogens is 223 g/mol. The molecule has 0 spiro atoms. The minimum absolute atomic E-state index is 0.505. The fourth-order valence-electron chi connectivity index (χ4n) is 2.49. The maximum atomic E-state index is 9.68. The summed E-state index contributed by atoms with van der Waals surface area (Å²) in [5.41, 5.74) is 3.72. The summed E-state index contributed by atoms with van der Waals surface area (Å²) in [6, 6.07) is 15.9. The Labute approximate surface area is 107 Å². The van der Waals surface area contributed by atoms with E-state index in [4.69, 9.17) is 0 Å². The summed E-state index contributed by atoms with van der Waals surface area (Å²) in [5.74, 6) is 0.505. The molecule has 0 aliphatic heterocycles. The van der Waals surface area contributed by atoms with Crippen LogP contribution in [0.1, 0.15) is 24.3 Å². The molecule has 0 bridgehead atoms. The first-order valence-corrected chi connectivity index (χ1v) is 6.31. The van der Waals surface area contributed by atoms with E-state index in [-0.39, 0.29) is 0 Å². The van der Waals surface area contributed by atoms with Crippen LogP contribution in [-0.2, 0) is 0 Å². The Bertz CT molecular complexity index is 548. The predicted octanol–water partition coefficient (Wildman–Crippen LogP) is 1.91. The van der Waals surface area contributed by atoms with Crippen LogP contribution in [0.5, 0.6) is 0 Å². The van der Waals surface area contributed by atoms with Gasteiger partial charge in [-0.1, -0.05) is 48.5 Å². The Balaban J connectivity index is 2.16. The topological polar surface area (TPSA) is 40.5 Å². The summed E-state index contributed by atoms with van der Waals surface area (Å²) in [7, 11) is -1.41. The zero-order valence-corrected chi connectivity index (χ0v) is 10.1. The van der Waals surface area contributed by atoms with E-state index >= 15 is 0 Å². The summed E-state index contributed by atoms with van der Waals surface area (Å²) in [5, 5.41) is 19.4. The average Bonchev–Trinajstić information content (AvgIpc) is 3.23. The molecule has 2 aromatic rings. The molecule has 18 heavy (non-hydrogen) atoms. The molecule has 0 saturated heterocycles. The van der Waals surface area contributed by atoms with Crippen molar-refractivity contribution in [3.8, 4) is 11.1 Å². The van der Waals surface area contributed by atoms with E-state index < -0.39 is 7.12 Å². The van der Waals surface area contributed by atoms with Gasteiger partial charge in [-0.2, -0.15) is 0 Å². The van der Waals surface area contributed by atoms with E-state index in [0.717, 1.165) is 29.5 Å². The smallest absolute Gasteiger partial charge is 0.423 e. The molecule has 2 N–H and O–H groups in total. The molecule has 1 saturated carbocycles. The quantitative estimate of drug-likeness (QED) is 0.802. The Morgan fingerprint density at radius 1 is 0.889 bits per heavy atom. The van der Waals surface area contributed by atoms with E-state index in [1.165, 1.54) is 0 Å². The Kier molecular flexibility index (Phi) is 2.94. The van der Waals surface area contributed by atoms with Crippen LogP contribution in [0.2, 0.25) is 0 Å². The van der Waals surface area contributed by atoms with Crippen molar-refractivity contribution >= 4 is 12.6 Å². The van der Waals surface area contributed by atoms with Crippen molar-refractivity contribution in [2.24, 2.45) is 0 Å². The SMILES string of the molecule is OB(O)c1c(-c2ccccc2)cccc1C1CC1. The third-order valence-corrected chi connectivity index (χ3v) is 3.50. The van der Waals surface area contributed by atoms with Crippen molar-refractivity contribution in [3.05, 3.63) is 54.1 Å². The molecule has 2 aromatic carbocycles. The van der Waals surface area contributed by atoms with Gasteiger partial charge in [-0.3, -0.25) is 0 Å². The lowest BCUT2D eigenvalue weighted by Crippen LogP contribution is -2.34. The first-order chi connectivity index (χ1) is 8.77. The van der Waals surface area contributed by atoms with Crippen LogP contribution in [0.3, 0.4) is 0 Å². The summed E-state index contributed by atoms with van der Waals surface area (Å²) in [6.45, 7) is 0. The third kappa shape index (κ3) is 2.07.